The van der Waals surface area contributed by atoms with Crippen LogP contribution in [0.25, 0.3) is 0 Å². The summed E-state index contributed by atoms with van der Waals surface area (Å²) >= 11 is 6.69. The predicted octanol–water partition coefficient (Wildman–Crippen LogP) is 2.64. The summed E-state index contributed by atoms with van der Waals surface area (Å²) in [7, 11) is 0. The van der Waals surface area contributed by atoms with Crippen molar-refractivity contribution in [3.05, 3.63) is 63.2 Å². The Morgan fingerprint density at radius 1 is 1.16 bits per heavy atom. The van der Waals surface area contributed by atoms with Gasteiger partial charge >= 0.3 is 0 Å². The first-order valence-corrected chi connectivity index (χ1v) is 11.0. The van der Waals surface area contributed by atoms with Gasteiger partial charge in [-0.15, -0.1) is 0 Å². The highest BCUT2D eigenvalue weighted by Gasteiger charge is 2.39. The lowest BCUT2D eigenvalue weighted by molar-refractivity contribution is -0.181. The Hall–Kier alpha value is -1.67. The number of ether oxygens (including phenoxy) is 2. The lowest BCUT2D eigenvalue weighted by atomic mass is 9.88. The standard InChI is InChI=1S/C24H29ClO6/c1-24(2,29)15-5-3-13(4-6-15)9-14-10-17(16-7-8-30-23(16)21(14)25)19-11-18(27)22(28)20(12-26)31-19/h3-6,10,18-20,22,26-29H,7-9,11-12H2,1-2H3/t18?,19?,20?,22-/m0/s1. The minimum absolute atomic E-state index is 0.228. The van der Waals surface area contributed by atoms with Crippen molar-refractivity contribution in [3.63, 3.8) is 0 Å². The van der Waals surface area contributed by atoms with Crippen LogP contribution in [0, 0.1) is 0 Å². The lowest BCUT2D eigenvalue weighted by Crippen LogP contribution is -2.47. The lowest BCUT2D eigenvalue weighted by Gasteiger charge is -2.37. The average Bonchev–Trinajstić information content (AvgIpc) is 3.22. The van der Waals surface area contributed by atoms with E-state index in [-0.39, 0.29) is 13.0 Å². The minimum Gasteiger partial charge on any atom is -0.491 e. The topological polar surface area (TPSA) is 99.4 Å². The quantitative estimate of drug-likeness (QED) is 0.561. The Morgan fingerprint density at radius 2 is 1.87 bits per heavy atom. The highest BCUT2D eigenvalue weighted by Crippen LogP contribution is 2.44. The summed E-state index contributed by atoms with van der Waals surface area (Å²) in [5, 5.41) is 40.7. The second kappa shape index (κ2) is 8.70. The Morgan fingerprint density at radius 3 is 2.52 bits per heavy atom. The number of hydrogen-bond donors (Lipinski definition) is 4. The molecule has 2 heterocycles. The number of aliphatic hydroxyl groups excluding tert-OH is 3. The zero-order valence-corrected chi connectivity index (χ0v) is 18.5. The number of aliphatic hydroxyl groups is 4. The van der Waals surface area contributed by atoms with Crippen molar-refractivity contribution in [2.45, 2.75) is 63.1 Å². The molecule has 0 radical (unpaired) electrons. The number of benzene rings is 2. The fourth-order valence-electron chi connectivity index (χ4n) is 4.38. The van der Waals surface area contributed by atoms with Gasteiger partial charge in [0.25, 0.3) is 0 Å². The van der Waals surface area contributed by atoms with E-state index in [2.05, 4.69) is 0 Å². The van der Waals surface area contributed by atoms with Crippen LogP contribution in [-0.2, 0) is 23.2 Å². The number of hydrogen-bond acceptors (Lipinski definition) is 6. The number of rotatable bonds is 5. The van der Waals surface area contributed by atoms with Crippen LogP contribution >= 0.6 is 11.6 Å². The highest BCUT2D eigenvalue weighted by molar-refractivity contribution is 6.33. The third-order valence-electron chi connectivity index (χ3n) is 6.18. The molecule has 0 amide bonds. The Kier molecular flexibility index (Phi) is 6.32. The van der Waals surface area contributed by atoms with Gasteiger partial charge in [-0.25, -0.2) is 0 Å². The van der Waals surface area contributed by atoms with Gasteiger partial charge in [0.05, 0.1) is 36.0 Å². The molecule has 0 aliphatic carbocycles. The molecule has 2 aliphatic rings. The monoisotopic (exact) mass is 448 g/mol. The summed E-state index contributed by atoms with van der Waals surface area (Å²) in [6, 6.07) is 9.74. The Labute approximate surface area is 187 Å². The molecule has 168 valence electrons. The number of fused-ring (bicyclic) bond motifs is 1. The van der Waals surface area contributed by atoms with Crippen LogP contribution in [0.3, 0.4) is 0 Å². The summed E-state index contributed by atoms with van der Waals surface area (Å²) in [4.78, 5) is 0. The zero-order chi connectivity index (χ0) is 22.3. The van der Waals surface area contributed by atoms with E-state index in [4.69, 9.17) is 21.1 Å². The second-order valence-corrected chi connectivity index (χ2v) is 9.30. The molecular weight excluding hydrogens is 420 g/mol. The molecule has 6 nitrogen and oxygen atoms in total. The third-order valence-corrected chi connectivity index (χ3v) is 6.60. The molecule has 2 aromatic carbocycles. The van der Waals surface area contributed by atoms with Gasteiger partial charge in [-0.3, -0.25) is 0 Å². The van der Waals surface area contributed by atoms with E-state index in [1.165, 1.54) is 0 Å². The SMILES string of the molecule is CC(C)(O)c1ccc(Cc2cc(C3CC(O)[C@H](O)C(CO)O3)c3c(c2Cl)OCC3)cc1. The van der Waals surface area contributed by atoms with Crippen LogP contribution in [0.2, 0.25) is 5.02 Å². The molecule has 1 saturated heterocycles. The molecule has 2 aliphatic heterocycles. The minimum atomic E-state index is -1.12. The Balaban J connectivity index is 1.67. The van der Waals surface area contributed by atoms with Gasteiger partial charge in [-0.05, 0) is 42.5 Å². The summed E-state index contributed by atoms with van der Waals surface area (Å²) in [6.45, 7) is 3.64. The summed E-state index contributed by atoms with van der Waals surface area (Å²) in [6.07, 6.45) is -1.94. The van der Waals surface area contributed by atoms with Gasteiger partial charge < -0.3 is 29.9 Å². The second-order valence-electron chi connectivity index (χ2n) is 8.92. The van der Waals surface area contributed by atoms with Crippen molar-refractivity contribution in [2.24, 2.45) is 0 Å². The van der Waals surface area contributed by atoms with Crippen molar-refractivity contribution in [1.29, 1.82) is 0 Å². The van der Waals surface area contributed by atoms with Gasteiger partial charge in [0.2, 0.25) is 0 Å². The summed E-state index contributed by atoms with van der Waals surface area (Å²) in [5.74, 6) is 0.645. The van der Waals surface area contributed by atoms with E-state index in [0.717, 1.165) is 27.8 Å². The molecule has 1 fully saturated rings. The van der Waals surface area contributed by atoms with E-state index in [1.807, 2.05) is 30.3 Å². The van der Waals surface area contributed by atoms with Crippen LogP contribution in [-0.4, -0.2) is 52.0 Å². The van der Waals surface area contributed by atoms with Gasteiger partial charge in [-0.2, -0.15) is 0 Å². The van der Waals surface area contributed by atoms with E-state index < -0.39 is 30.0 Å². The van der Waals surface area contributed by atoms with Crippen LogP contribution in [0.4, 0.5) is 0 Å². The molecule has 3 unspecified atom stereocenters. The predicted molar refractivity (Wildman–Crippen MR) is 116 cm³/mol. The molecule has 0 bridgehead atoms. The molecule has 0 saturated carbocycles. The van der Waals surface area contributed by atoms with E-state index >= 15 is 0 Å². The van der Waals surface area contributed by atoms with Crippen LogP contribution in [0.15, 0.2) is 30.3 Å². The fraction of sp³-hybridized carbons (Fsp3) is 0.500. The van der Waals surface area contributed by atoms with Crippen molar-refractivity contribution in [2.75, 3.05) is 13.2 Å². The van der Waals surface area contributed by atoms with Crippen molar-refractivity contribution >= 4 is 11.6 Å². The van der Waals surface area contributed by atoms with Crippen LogP contribution in [0.1, 0.15) is 54.2 Å². The number of halogens is 1. The van der Waals surface area contributed by atoms with Gasteiger partial charge in [-0.1, -0.05) is 41.9 Å². The van der Waals surface area contributed by atoms with Gasteiger partial charge in [0, 0.05) is 18.4 Å². The summed E-state index contributed by atoms with van der Waals surface area (Å²) < 4.78 is 11.8. The maximum Gasteiger partial charge on any atom is 0.141 e. The largest absolute Gasteiger partial charge is 0.491 e. The van der Waals surface area contributed by atoms with Crippen LogP contribution < -0.4 is 4.74 Å². The molecule has 4 rings (SSSR count). The molecule has 0 aromatic heterocycles. The summed E-state index contributed by atoms with van der Waals surface area (Å²) in [5.41, 5.74) is 3.67. The van der Waals surface area contributed by atoms with Gasteiger partial charge in [0.15, 0.2) is 0 Å². The van der Waals surface area contributed by atoms with Crippen LogP contribution in [0.5, 0.6) is 5.75 Å². The molecule has 4 atom stereocenters. The van der Waals surface area contributed by atoms with E-state index in [0.29, 0.717) is 30.2 Å². The van der Waals surface area contributed by atoms with Crippen molar-refractivity contribution in [1.82, 2.24) is 0 Å². The molecular formula is C24H29ClO6. The average molecular weight is 449 g/mol. The third kappa shape index (κ3) is 4.46. The highest BCUT2D eigenvalue weighted by atomic mass is 35.5. The van der Waals surface area contributed by atoms with Gasteiger partial charge in [0.1, 0.15) is 18.0 Å². The smallest absolute Gasteiger partial charge is 0.141 e. The van der Waals surface area contributed by atoms with Crippen molar-refractivity contribution < 1.29 is 29.9 Å². The maximum absolute atomic E-state index is 10.3. The van der Waals surface area contributed by atoms with E-state index in [9.17, 15) is 20.4 Å². The molecule has 0 spiro atoms. The Bertz CT molecular complexity index is 937. The first-order valence-electron chi connectivity index (χ1n) is 10.6. The first kappa shape index (κ1) is 22.5. The zero-order valence-electron chi connectivity index (χ0n) is 17.7. The molecule has 31 heavy (non-hydrogen) atoms. The normalized spacial score (nSPS) is 25.9. The molecule has 4 N–H and O–H groups in total. The maximum atomic E-state index is 10.3. The molecule has 7 heteroatoms. The first-order chi connectivity index (χ1) is 14.7. The van der Waals surface area contributed by atoms with E-state index in [1.54, 1.807) is 13.8 Å². The fourth-order valence-corrected chi connectivity index (χ4v) is 4.67. The van der Waals surface area contributed by atoms with Crippen molar-refractivity contribution in [3.8, 4) is 5.75 Å². The molecule has 2 aromatic rings.